The van der Waals surface area contributed by atoms with Gasteiger partial charge in [-0.15, -0.1) is 0 Å². The standard InChI is InChI=1S/C18H14ClFN4O/c1-25-15-6-10(5-14(19)16(15)20)12-7-13(12)11-8-23-18(24-9-11)17-21-3-2-4-22-17/h2-6,8-9,12-13H,7H2,1H3. The summed E-state index contributed by atoms with van der Waals surface area (Å²) in [6.45, 7) is 0. The van der Waals surface area contributed by atoms with Crippen molar-refractivity contribution in [3.63, 3.8) is 0 Å². The van der Waals surface area contributed by atoms with Crippen LogP contribution < -0.4 is 4.74 Å². The van der Waals surface area contributed by atoms with Crippen molar-refractivity contribution in [1.29, 1.82) is 0 Å². The van der Waals surface area contributed by atoms with Gasteiger partial charge in [-0.25, -0.2) is 24.3 Å². The Labute approximate surface area is 148 Å². The Morgan fingerprint density at radius 3 is 2.32 bits per heavy atom. The molecule has 2 unspecified atom stereocenters. The van der Waals surface area contributed by atoms with E-state index >= 15 is 0 Å². The highest BCUT2D eigenvalue weighted by Gasteiger charge is 2.40. The Hall–Kier alpha value is -2.60. The van der Waals surface area contributed by atoms with E-state index in [4.69, 9.17) is 16.3 Å². The van der Waals surface area contributed by atoms with Crippen LogP contribution in [0.4, 0.5) is 4.39 Å². The maximum atomic E-state index is 13.8. The first-order valence-corrected chi connectivity index (χ1v) is 8.17. The minimum absolute atomic E-state index is 0.0767. The lowest BCUT2D eigenvalue weighted by Gasteiger charge is -2.08. The summed E-state index contributed by atoms with van der Waals surface area (Å²) in [4.78, 5) is 17.0. The molecule has 0 bridgehead atoms. The van der Waals surface area contributed by atoms with Gasteiger partial charge in [0.15, 0.2) is 23.2 Å². The first-order chi connectivity index (χ1) is 12.2. The zero-order chi connectivity index (χ0) is 17.4. The van der Waals surface area contributed by atoms with Gasteiger partial charge in [-0.05, 0) is 47.6 Å². The third kappa shape index (κ3) is 3.05. The zero-order valence-corrected chi connectivity index (χ0v) is 14.1. The molecule has 0 saturated heterocycles. The number of ether oxygens (including phenoxy) is 1. The van der Waals surface area contributed by atoms with Gasteiger partial charge < -0.3 is 4.74 Å². The highest BCUT2D eigenvalue weighted by atomic mass is 35.5. The fourth-order valence-electron chi connectivity index (χ4n) is 2.94. The number of halogens is 2. The van der Waals surface area contributed by atoms with Crippen molar-refractivity contribution in [2.45, 2.75) is 18.3 Å². The molecule has 2 heterocycles. The van der Waals surface area contributed by atoms with Crippen LogP contribution in [-0.2, 0) is 0 Å². The molecule has 1 aliphatic rings. The van der Waals surface area contributed by atoms with E-state index in [0.717, 1.165) is 17.5 Å². The predicted octanol–water partition coefficient (Wildman–Crippen LogP) is 4.01. The summed E-state index contributed by atoms with van der Waals surface area (Å²) in [6.07, 6.45) is 7.84. The van der Waals surface area contributed by atoms with Crippen LogP contribution in [0.25, 0.3) is 11.6 Å². The molecule has 0 radical (unpaired) electrons. The fourth-order valence-corrected chi connectivity index (χ4v) is 3.16. The summed E-state index contributed by atoms with van der Waals surface area (Å²) in [5.74, 6) is 1.18. The van der Waals surface area contributed by atoms with Crippen LogP contribution in [-0.4, -0.2) is 27.0 Å². The smallest absolute Gasteiger partial charge is 0.197 e. The average Bonchev–Trinajstić information content (AvgIpc) is 3.45. The van der Waals surface area contributed by atoms with Gasteiger partial charge in [-0.3, -0.25) is 0 Å². The summed E-state index contributed by atoms with van der Waals surface area (Å²) in [5, 5.41) is 0.0767. The van der Waals surface area contributed by atoms with Crippen molar-refractivity contribution in [2.24, 2.45) is 0 Å². The summed E-state index contributed by atoms with van der Waals surface area (Å²) in [7, 11) is 1.43. The van der Waals surface area contributed by atoms with Crippen molar-refractivity contribution in [3.8, 4) is 17.4 Å². The molecule has 7 heteroatoms. The number of benzene rings is 1. The molecule has 25 heavy (non-hydrogen) atoms. The molecule has 0 spiro atoms. The first-order valence-electron chi connectivity index (χ1n) is 7.79. The fraction of sp³-hybridized carbons (Fsp3) is 0.222. The van der Waals surface area contributed by atoms with Gasteiger partial charge in [-0.1, -0.05) is 11.6 Å². The van der Waals surface area contributed by atoms with Crippen molar-refractivity contribution in [1.82, 2.24) is 19.9 Å². The van der Waals surface area contributed by atoms with Crippen LogP contribution in [0, 0.1) is 5.82 Å². The molecule has 1 saturated carbocycles. The Morgan fingerprint density at radius 1 is 1.00 bits per heavy atom. The van der Waals surface area contributed by atoms with Gasteiger partial charge in [0.2, 0.25) is 0 Å². The largest absolute Gasteiger partial charge is 0.494 e. The van der Waals surface area contributed by atoms with Crippen LogP contribution in [0.1, 0.15) is 29.4 Å². The number of methoxy groups -OCH3 is 1. The Bertz CT molecular complexity index is 905. The molecule has 5 nitrogen and oxygen atoms in total. The Kier molecular flexibility index (Phi) is 4.05. The van der Waals surface area contributed by atoms with E-state index in [9.17, 15) is 4.39 Å². The second kappa shape index (κ2) is 6.37. The maximum Gasteiger partial charge on any atom is 0.197 e. The van der Waals surface area contributed by atoms with E-state index in [2.05, 4.69) is 19.9 Å². The number of hydrogen-bond donors (Lipinski definition) is 0. The van der Waals surface area contributed by atoms with Crippen molar-refractivity contribution >= 4 is 11.6 Å². The zero-order valence-electron chi connectivity index (χ0n) is 13.4. The average molecular weight is 357 g/mol. The van der Waals surface area contributed by atoms with E-state index < -0.39 is 5.82 Å². The predicted molar refractivity (Wildman–Crippen MR) is 91.1 cm³/mol. The van der Waals surface area contributed by atoms with Gasteiger partial charge in [0.05, 0.1) is 12.1 Å². The number of nitrogens with zero attached hydrogens (tertiary/aromatic N) is 4. The highest BCUT2D eigenvalue weighted by molar-refractivity contribution is 6.31. The van der Waals surface area contributed by atoms with E-state index in [-0.39, 0.29) is 22.6 Å². The van der Waals surface area contributed by atoms with E-state index in [1.54, 1.807) is 43.0 Å². The second-order valence-electron chi connectivity index (χ2n) is 5.88. The summed E-state index contributed by atoms with van der Waals surface area (Å²) < 4.78 is 18.9. The second-order valence-corrected chi connectivity index (χ2v) is 6.29. The topological polar surface area (TPSA) is 60.8 Å². The van der Waals surface area contributed by atoms with Crippen LogP contribution in [0.5, 0.6) is 5.75 Å². The summed E-state index contributed by atoms with van der Waals surface area (Å²) in [5.41, 5.74) is 1.99. The lowest BCUT2D eigenvalue weighted by molar-refractivity contribution is 0.386. The third-order valence-corrected chi connectivity index (χ3v) is 4.60. The molecular formula is C18H14ClFN4O. The minimum Gasteiger partial charge on any atom is -0.494 e. The maximum absolute atomic E-state index is 13.8. The molecule has 2 atom stereocenters. The third-order valence-electron chi connectivity index (χ3n) is 4.32. The quantitative estimate of drug-likeness (QED) is 0.707. The van der Waals surface area contributed by atoms with Gasteiger partial charge in [0.25, 0.3) is 0 Å². The molecule has 0 amide bonds. The first kappa shape index (κ1) is 15.9. The van der Waals surface area contributed by atoms with Crippen LogP contribution in [0.2, 0.25) is 5.02 Å². The van der Waals surface area contributed by atoms with Crippen LogP contribution in [0.15, 0.2) is 43.0 Å². The van der Waals surface area contributed by atoms with Crippen molar-refractivity contribution in [3.05, 3.63) is 65.0 Å². The van der Waals surface area contributed by atoms with Gasteiger partial charge in [-0.2, -0.15) is 0 Å². The van der Waals surface area contributed by atoms with Crippen molar-refractivity contribution in [2.75, 3.05) is 7.11 Å². The molecule has 2 aromatic heterocycles. The molecule has 3 aromatic rings. The highest BCUT2D eigenvalue weighted by Crippen LogP contribution is 2.55. The monoisotopic (exact) mass is 356 g/mol. The molecule has 0 N–H and O–H groups in total. The van der Waals surface area contributed by atoms with Gasteiger partial charge >= 0.3 is 0 Å². The Balaban J connectivity index is 1.55. The molecule has 4 rings (SSSR count). The van der Waals surface area contributed by atoms with E-state index in [1.807, 2.05) is 0 Å². The molecular weight excluding hydrogens is 343 g/mol. The number of rotatable bonds is 4. The molecule has 1 aromatic carbocycles. The molecule has 0 aliphatic heterocycles. The van der Waals surface area contributed by atoms with Gasteiger partial charge in [0, 0.05) is 24.8 Å². The molecule has 1 aliphatic carbocycles. The SMILES string of the molecule is COc1cc(C2CC2c2cnc(-c3ncccn3)nc2)cc(Cl)c1F. The Morgan fingerprint density at radius 2 is 1.64 bits per heavy atom. The number of aromatic nitrogens is 4. The number of hydrogen-bond acceptors (Lipinski definition) is 5. The van der Waals surface area contributed by atoms with Gasteiger partial charge in [0.1, 0.15) is 0 Å². The lowest BCUT2D eigenvalue weighted by Crippen LogP contribution is -1.96. The summed E-state index contributed by atoms with van der Waals surface area (Å²) >= 11 is 5.96. The van der Waals surface area contributed by atoms with E-state index in [1.165, 1.54) is 7.11 Å². The van der Waals surface area contributed by atoms with Crippen molar-refractivity contribution < 1.29 is 9.13 Å². The van der Waals surface area contributed by atoms with E-state index in [0.29, 0.717) is 11.6 Å². The normalized spacial score (nSPS) is 18.8. The molecule has 126 valence electrons. The molecule has 1 fully saturated rings. The minimum atomic E-state index is -0.527. The van der Waals surface area contributed by atoms with Crippen LogP contribution >= 0.6 is 11.6 Å². The van der Waals surface area contributed by atoms with Crippen LogP contribution in [0.3, 0.4) is 0 Å². The lowest BCUT2D eigenvalue weighted by atomic mass is 10.1. The summed E-state index contributed by atoms with van der Waals surface area (Å²) in [6, 6.07) is 5.12.